The Morgan fingerprint density at radius 1 is 1.21 bits per heavy atom. The highest BCUT2D eigenvalue weighted by atomic mass is 16.5. The van der Waals surface area contributed by atoms with Crippen molar-refractivity contribution in [3.63, 3.8) is 0 Å². The van der Waals surface area contributed by atoms with Crippen LogP contribution in [0.25, 0.3) is 0 Å². The summed E-state index contributed by atoms with van der Waals surface area (Å²) >= 11 is 0. The van der Waals surface area contributed by atoms with Crippen LogP contribution in [-0.4, -0.2) is 31.7 Å². The molecule has 2 aliphatic rings. The van der Waals surface area contributed by atoms with Crippen molar-refractivity contribution in [3.05, 3.63) is 0 Å². The van der Waals surface area contributed by atoms with Gasteiger partial charge in [0.1, 0.15) is 0 Å². The highest BCUT2D eigenvalue weighted by molar-refractivity contribution is 5.79. The lowest BCUT2D eigenvalue weighted by atomic mass is 9.81. The lowest BCUT2D eigenvalue weighted by Gasteiger charge is -2.31. The molecule has 1 heterocycles. The topological polar surface area (TPSA) is 64.4 Å². The summed E-state index contributed by atoms with van der Waals surface area (Å²) in [5.74, 6) is 1.69. The van der Waals surface area contributed by atoms with E-state index in [2.05, 4.69) is 12.2 Å². The molecular formula is C15H28N2O2. The summed E-state index contributed by atoms with van der Waals surface area (Å²) in [5.41, 5.74) is 5.69. The number of nitrogens with one attached hydrogen (secondary N) is 1. The molecule has 0 bridgehead atoms. The van der Waals surface area contributed by atoms with E-state index in [9.17, 15) is 4.79 Å². The van der Waals surface area contributed by atoms with Gasteiger partial charge < -0.3 is 15.8 Å². The molecule has 1 saturated heterocycles. The molecule has 0 aromatic heterocycles. The first-order valence-corrected chi connectivity index (χ1v) is 7.79. The standard InChI is InChI=1S/C15H28N2O2/c1-11(13-6-8-19-9-7-13)17-15(18)14-4-2-12(10-16)3-5-14/h11-14H,2-10,16H2,1H3,(H,17,18). The number of carbonyl (C=O) groups excluding carboxylic acids is 1. The first-order valence-electron chi connectivity index (χ1n) is 7.79. The van der Waals surface area contributed by atoms with E-state index in [1.165, 1.54) is 0 Å². The molecule has 1 saturated carbocycles. The van der Waals surface area contributed by atoms with Crippen molar-refractivity contribution >= 4 is 5.91 Å². The van der Waals surface area contributed by atoms with Gasteiger partial charge in [0.2, 0.25) is 5.91 Å². The van der Waals surface area contributed by atoms with Crippen LogP contribution in [0.1, 0.15) is 45.4 Å². The van der Waals surface area contributed by atoms with E-state index < -0.39 is 0 Å². The molecule has 1 unspecified atom stereocenters. The third kappa shape index (κ3) is 4.18. The number of carbonyl (C=O) groups is 1. The monoisotopic (exact) mass is 268 g/mol. The molecule has 4 nitrogen and oxygen atoms in total. The van der Waals surface area contributed by atoms with Gasteiger partial charge in [0.15, 0.2) is 0 Å². The van der Waals surface area contributed by atoms with Crippen molar-refractivity contribution < 1.29 is 9.53 Å². The van der Waals surface area contributed by atoms with Gasteiger partial charge in [0.25, 0.3) is 0 Å². The Bertz CT molecular complexity index is 282. The summed E-state index contributed by atoms with van der Waals surface area (Å²) in [6.07, 6.45) is 6.38. The molecule has 0 radical (unpaired) electrons. The van der Waals surface area contributed by atoms with Gasteiger partial charge in [-0.15, -0.1) is 0 Å². The number of hydrogen-bond acceptors (Lipinski definition) is 3. The van der Waals surface area contributed by atoms with Crippen LogP contribution in [0.15, 0.2) is 0 Å². The van der Waals surface area contributed by atoms with E-state index in [0.717, 1.165) is 58.3 Å². The van der Waals surface area contributed by atoms with Crippen molar-refractivity contribution in [1.82, 2.24) is 5.32 Å². The fraction of sp³-hybridized carbons (Fsp3) is 0.933. The van der Waals surface area contributed by atoms with E-state index >= 15 is 0 Å². The minimum atomic E-state index is 0.213. The van der Waals surface area contributed by atoms with E-state index in [1.807, 2.05) is 0 Å². The van der Waals surface area contributed by atoms with Gasteiger partial charge in [-0.25, -0.2) is 0 Å². The first kappa shape index (κ1) is 14.8. The van der Waals surface area contributed by atoms with Crippen LogP contribution in [0.5, 0.6) is 0 Å². The Morgan fingerprint density at radius 2 is 1.84 bits per heavy atom. The fourth-order valence-electron chi connectivity index (χ4n) is 3.34. The van der Waals surface area contributed by atoms with Gasteiger partial charge in [-0.05, 0) is 63.8 Å². The number of rotatable bonds is 4. The first-order chi connectivity index (χ1) is 9.20. The van der Waals surface area contributed by atoms with Crippen molar-refractivity contribution in [2.24, 2.45) is 23.5 Å². The average molecular weight is 268 g/mol. The zero-order valence-corrected chi connectivity index (χ0v) is 12.1. The second kappa shape index (κ2) is 7.25. The zero-order chi connectivity index (χ0) is 13.7. The van der Waals surface area contributed by atoms with E-state index in [1.54, 1.807) is 0 Å². The molecule has 2 fully saturated rings. The van der Waals surface area contributed by atoms with Gasteiger partial charge in [-0.2, -0.15) is 0 Å². The number of ether oxygens (including phenoxy) is 1. The SMILES string of the molecule is CC(NC(=O)C1CCC(CN)CC1)C1CCOCC1. The van der Waals surface area contributed by atoms with Crippen LogP contribution in [0.4, 0.5) is 0 Å². The van der Waals surface area contributed by atoms with Gasteiger partial charge in [-0.3, -0.25) is 4.79 Å². The second-order valence-corrected chi connectivity index (χ2v) is 6.20. The van der Waals surface area contributed by atoms with Gasteiger partial charge in [0.05, 0.1) is 0 Å². The largest absolute Gasteiger partial charge is 0.381 e. The molecule has 0 aromatic carbocycles. The zero-order valence-electron chi connectivity index (χ0n) is 12.1. The van der Waals surface area contributed by atoms with Crippen molar-refractivity contribution in [1.29, 1.82) is 0 Å². The van der Waals surface area contributed by atoms with Crippen molar-refractivity contribution in [3.8, 4) is 0 Å². The summed E-state index contributed by atoms with van der Waals surface area (Å²) in [5, 5.41) is 3.23. The van der Waals surface area contributed by atoms with E-state index in [4.69, 9.17) is 10.5 Å². The van der Waals surface area contributed by atoms with E-state index in [0.29, 0.717) is 11.8 Å². The van der Waals surface area contributed by atoms with Crippen LogP contribution in [0, 0.1) is 17.8 Å². The molecule has 1 amide bonds. The normalized spacial score (nSPS) is 30.8. The van der Waals surface area contributed by atoms with Crippen LogP contribution in [-0.2, 0) is 9.53 Å². The molecule has 1 aliphatic carbocycles. The molecular weight excluding hydrogens is 240 g/mol. The highest BCUT2D eigenvalue weighted by Crippen LogP contribution is 2.28. The van der Waals surface area contributed by atoms with E-state index in [-0.39, 0.29) is 17.9 Å². The summed E-state index contributed by atoms with van der Waals surface area (Å²) in [4.78, 5) is 12.3. The predicted octanol–water partition coefficient (Wildman–Crippen LogP) is 1.68. The highest BCUT2D eigenvalue weighted by Gasteiger charge is 2.28. The Morgan fingerprint density at radius 3 is 2.42 bits per heavy atom. The van der Waals surface area contributed by atoms with Crippen LogP contribution in [0.3, 0.4) is 0 Å². The lowest BCUT2D eigenvalue weighted by Crippen LogP contribution is -2.43. The van der Waals surface area contributed by atoms with Crippen molar-refractivity contribution in [2.75, 3.05) is 19.8 Å². The maximum atomic E-state index is 12.3. The van der Waals surface area contributed by atoms with Gasteiger partial charge >= 0.3 is 0 Å². The number of amides is 1. The minimum Gasteiger partial charge on any atom is -0.381 e. The molecule has 2 rings (SSSR count). The summed E-state index contributed by atoms with van der Waals surface area (Å²) in [6.45, 7) is 4.59. The third-order valence-electron chi connectivity index (χ3n) is 4.89. The maximum absolute atomic E-state index is 12.3. The maximum Gasteiger partial charge on any atom is 0.223 e. The van der Waals surface area contributed by atoms with Crippen molar-refractivity contribution in [2.45, 2.75) is 51.5 Å². The predicted molar refractivity (Wildman–Crippen MR) is 75.7 cm³/mol. The fourth-order valence-corrected chi connectivity index (χ4v) is 3.34. The second-order valence-electron chi connectivity index (χ2n) is 6.20. The van der Waals surface area contributed by atoms with Crippen LogP contribution < -0.4 is 11.1 Å². The summed E-state index contributed by atoms with van der Waals surface area (Å²) in [7, 11) is 0. The van der Waals surface area contributed by atoms with Crippen LogP contribution >= 0.6 is 0 Å². The number of hydrogen-bond donors (Lipinski definition) is 2. The molecule has 3 N–H and O–H groups in total. The Kier molecular flexibility index (Phi) is 5.64. The quantitative estimate of drug-likeness (QED) is 0.815. The Hall–Kier alpha value is -0.610. The smallest absolute Gasteiger partial charge is 0.223 e. The molecule has 4 heteroatoms. The third-order valence-corrected chi connectivity index (χ3v) is 4.89. The average Bonchev–Trinajstić information content (AvgIpc) is 2.48. The Labute approximate surface area is 116 Å². The minimum absolute atomic E-state index is 0.213. The molecule has 1 aliphatic heterocycles. The summed E-state index contributed by atoms with van der Waals surface area (Å²) in [6, 6.07) is 0.281. The Balaban J connectivity index is 1.74. The molecule has 0 spiro atoms. The summed E-state index contributed by atoms with van der Waals surface area (Å²) < 4.78 is 5.37. The van der Waals surface area contributed by atoms with Gasteiger partial charge in [0, 0.05) is 25.2 Å². The molecule has 1 atom stereocenters. The molecule has 0 aromatic rings. The number of nitrogens with two attached hydrogens (primary N) is 1. The van der Waals surface area contributed by atoms with Crippen LogP contribution in [0.2, 0.25) is 0 Å². The van der Waals surface area contributed by atoms with Gasteiger partial charge in [-0.1, -0.05) is 0 Å². The molecule has 19 heavy (non-hydrogen) atoms. The molecule has 110 valence electrons. The lowest BCUT2D eigenvalue weighted by molar-refractivity contribution is -0.127.